The van der Waals surface area contributed by atoms with Gasteiger partial charge >= 0.3 is 5.82 Å². The molecule has 66 valence electrons. The molecule has 0 aliphatic carbocycles. The fraction of sp³-hybridized carbons (Fsp3) is 0.500. The Bertz CT molecular complexity index is 274. The molecule has 1 aromatic heterocycles. The topological polar surface area (TPSA) is 71.8 Å². The van der Waals surface area contributed by atoms with Gasteiger partial charge in [0.15, 0.2) is 5.82 Å². The molecule has 0 bridgehead atoms. The molecular weight excluding hydrogens is 182 g/mol. The molecule has 6 heteroatoms. The molecular formula is C6H8ClN3O2. The molecule has 0 spiro atoms. The van der Waals surface area contributed by atoms with Crippen LogP contribution in [0.25, 0.3) is 0 Å². The molecule has 0 aliphatic rings. The molecule has 12 heavy (non-hydrogen) atoms. The van der Waals surface area contributed by atoms with Crippen molar-refractivity contribution in [2.45, 2.75) is 12.8 Å². The Labute approximate surface area is 73.9 Å². The fourth-order valence-electron chi connectivity index (χ4n) is 0.806. The number of hydrogen-bond acceptors (Lipinski definition) is 3. The maximum atomic E-state index is 10.2. The summed E-state index contributed by atoms with van der Waals surface area (Å²) in [6.07, 6.45) is 2.63. The Balaban J connectivity index is 2.58. The summed E-state index contributed by atoms with van der Waals surface area (Å²) in [5.41, 5.74) is 0. The van der Waals surface area contributed by atoms with Crippen LogP contribution >= 0.6 is 11.6 Å². The van der Waals surface area contributed by atoms with Crippen LogP contribution in [0, 0.1) is 10.1 Å². The molecule has 0 fully saturated rings. The van der Waals surface area contributed by atoms with E-state index in [0.717, 1.165) is 6.42 Å². The number of rotatable bonds is 4. The number of nitro groups is 1. The Morgan fingerprint density at radius 2 is 2.50 bits per heavy atom. The number of alkyl halides is 1. The number of imidazole rings is 1. The summed E-state index contributed by atoms with van der Waals surface area (Å²) in [5, 5.41) is 10.2. The highest BCUT2D eigenvalue weighted by Crippen LogP contribution is 2.07. The Morgan fingerprint density at radius 1 is 1.75 bits per heavy atom. The van der Waals surface area contributed by atoms with Crippen molar-refractivity contribution in [2.24, 2.45) is 0 Å². The summed E-state index contributed by atoms with van der Waals surface area (Å²) in [6.45, 7) is 0. The first-order chi connectivity index (χ1) is 5.74. The highest BCUT2D eigenvalue weighted by molar-refractivity contribution is 6.17. The number of aryl methyl sites for hydroxylation is 1. The van der Waals surface area contributed by atoms with E-state index in [1.807, 2.05) is 0 Å². The van der Waals surface area contributed by atoms with Gasteiger partial charge in [-0.3, -0.25) is 0 Å². The van der Waals surface area contributed by atoms with E-state index < -0.39 is 4.92 Å². The lowest BCUT2D eigenvalue weighted by Crippen LogP contribution is -1.90. The Hall–Kier alpha value is -1.10. The van der Waals surface area contributed by atoms with Crippen molar-refractivity contribution in [1.29, 1.82) is 0 Å². The van der Waals surface area contributed by atoms with Gasteiger partial charge in [0, 0.05) is 12.3 Å². The van der Waals surface area contributed by atoms with Gasteiger partial charge in [-0.2, -0.15) is 0 Å². The van der Waals surface area contributed by atoms with Crippen molar-refractivity contribution in [2.75, 3.05) is 5.88 Å². The number of aromatic amines is 1. The zero-order valence-corrected chi connectivity index (χ0v) is 7.04. The lowest BCUT2D eigenvalue weighted by molar-refractivity contribution is -0.389. The summed E-state index contributed by atoms with van der Waals surface area (Å²) in [6, 6.07) is 0. The van der Waals surface area contributed by atoms with Crippen LogP contribution in [0.4, 0.5) is 5.82 Å². The predicted molar refractivity (Wildman–Crippen MR) is 44.3 cm³/mol. The lowest BCUT2D eigenvalue weighted by atomic mass is 10.3. The maximum absolute atomic E-state index is 10.2. The second-order valence-electron chi connectivity index (χ2n) is 2.26. The van der Waals surface area contributed by atoms with Gasteiger partial charge in [0.1, 0.15) is 6.20 Å². The highest BCUT2D eigenvalue weighted by atomic mass is 35.5. The van der Waals surface area contributed by atoms with E-state index in [1.54, 1.807) is 0 Å². The average Bonchev–Trinajstić information content (AvgIpc) is 2.48. The standard InChI is InChI=1S/C6H8ClN3O2/c7-3-1-2-5-8-4-6(9-5)10(11)12/h4H,1-3H2,(H,8,9). The average molecular weight is 190 g/mol. The summed E-state index contributed by atoms with van der Waals surface area (Å²) < 4.78 is 0. The first kappa shape index (κ1) is 8.99. The van der Waals surface area contributed by atoms with Gasteiger partial charge in [-0.1, -0.05) is 0 Å². The van der Waals surface area contributed by atoms with E-state index in [0.29, 0.717) is 18.1 Å². The number of H-pyrrole nitrogens is 1. The number of halogens is 1. The van der Waals surface area contributed by atoms with E-state index in [4.69, 9.17) is 11.6 Å². The van der Waals surface area contributed by atoms with Gasteiger partial charge < -0.3 is 10.1 Å². The van der Waals surface area contributed by atoms with Crippen LogP contribution in [0.5, 0.6) is 0 Å². The molecule has 0 aliphatic heterocycles. The van der Waals surface area contributed by atoms with Gasteiger partial charge in [-0.05, 0) is 11.3 Å². The normalized spacial score (nSPS) is 10.1. The zero-order chi connectivity index (χ0) is 8.97. The Morgan fingerprint density at radius 3 is 3.00 bits per heavy atom. The van der Waals surface area contributed by atoms with E-state index in [2.05, 4.69) is 9.97 Å². The lowest BCUT2D eigenvalue weighted by Gasteiger charge is -1.88. The van der Waals surface area contributed by atoms with Crippen molar-refractivity contribution < 1.29 is 4.92 Å². The number of hydrogen-bond donors (Lipinski definition) is 1. The van der Waals surface area contributed by atoms with Gasteiger partial charge in [0.2, 0.25) is 0 Å². The number of nitrogens with zero attached hydrogens (tertiary/aromatic N) is 2. The molecule has 5 nitrogen and oxygen atoms in total. The van der Waals surface area contributed by atoms with Crippen LogP contribution in [0.2, 0.25) is 0 Å². The molecule has 1 rings (SSSR count). The smallest absolute Gasteiger partial charge is 0.340 e. The summed E-state index contributed by atoms with van der Waals surface area (Å²) in [5.74, 6) is 1.08. The number of aromatic nitrogens is 2. The molecule has 0 aromatic carbocycles. The van der Waals surface area contributed by atoms with Crippen LogP contribution in [0.3, 0.4) is 0 Å². The van der Waals surface area contributed by atoms with E-state index in [9.17, 15) is 10.1 Å². The summed E-state index contributed by atoms with van der Waals surface area (Å²) in [7, 11) is 0. The van der Waals surface area contributed by atoms with Crippen molar-refractivity contribution in [3.8, 4) is 0 Å². The van der Waals surface area contributed by atoms with E-state index >= 15 is 0 Å². The number of nitrogens with one attached hydrogen (secondary N) is 1. The van der Waals surface area contributed by atoms with E-state index in [-0.39, 0.29) is 5.82 Å². The third-order valence-electron chi connectivity index (χ3n) is 1.36. The minimum absolute atomic E-state index is 0.0698. The molecule has 0 radical (unpaired) electrons. The van der Waals surface area contributed by atoms with Gasteiger partial charge in [0.05, 0.1) is 0 Å². The van der Waals surface area contributed by atoms with Crippen LogP contribution in [0.15, 0.2) is 6.20 Å². The van der Waals surface area contributed by atoms with E-state index in [1.165, 1.54) is 6.20 Å². The Kier molecular flexibility index (Phi) is 3.04. The quantitative estimate of drug-likeness (QED) is 0.443. The van der Waals surface area contributed by atoms with Crippen LogP contribution in [-0.2, 0) is 6.42 Å². The molecule has 1 N–H and O–H groups in total. The molecule has 0 saturated carbocycles. The second kappa shape index (κ2) is 4.06. The van der Waals surface area contributed by atoms with Crippen LogP contribution in [-0.4, -0.2) is 20.8 Å². The van der Waals surface area contributed by atoms with Crippen LogP contribution < -0.4 is 0 Å². The molecule has 0 unspecified atom stereocenters. The van der Waals surface area contributed by atoms with Crippen molar-refractivity contribution >= 4 is 17.4 Å². The molecule has 0 amide bonds. The molecule has 1 aromatic rings. The van der Waals surface area contributed by atoms with Crippen LogP contribution in [0.1, 0.15) is 12.2 Å². The van der Waals surface area contributed by atoms with Gasteiger partial charge in [0.25, 0.3) is 0 Å². The SMILES string of the molecule is O=[N+]([O-])c1cnc(CCCCl)[nH]1. The first-order valence-corrected chi connectivity index (χ1v) is 4.01. The van der Waals surface area contributed by atoms with Crippen molar-refractivity contribution in [3.05, 3.63) is 22.1 Å². The van der Waals surface area contributed by atoms with Crippen molar-refractivity contribution in [1.82, 2.24) is 9.97 Å². The largest absolute Gasteiger partial charge is 0.358 e. The summed E-state index contributed by atoms with van der Waals surface area (Å²) >= 11 is 5.45. The van der Waals surface area contributed by atoms with Crippen molar-refractivity contribution in [3.63, 3.8) is 0 Å². The zero-order valence-electron chi connectivity index (χ0n) is 6.29. The monoisotopic (exact) mass is 189 g/mol. The molecule has 1 heterocycles. The highest BCUT2D eigenvalue weighted by Gasteiger charge is 2.08. The minimum atomic E-state index is -0.503. The fourth-order valence-corrected chi connectivity index (χ4v) is 0.939. The molecule has 0 saturated heterocycles. The minimum Gasteiger partial charge on any atom is -0.358 e. The summed E-state index contributed by atoms with van der Waals surface area (Å²) in [4.78, 5) is 16.1. The van der Waals surface area contributed by atoms with Gasteiger partial charge in [-0.25, -0.2) is 9.97 Å². The second-order valence-corrected chi connectivity index (χ2v) is 2.64. The van der Waals surface area contributed by atoms with Gasteiger partial charge in [-0.15, -0.1) is 11.6 Å². The molecule has 0 atom stereocenters. The third kappa shape index (κ3) is 2.20. The predicted octanol–water partition coefficient (Wildman–Crippen LogP) is 1.49. The first-order valence-electron chi connectivity index (χ1n) is 3.48. The third-order valence-corrected chi connectivity index (χ3v) is 1.63. The maximum Gasteiger partial charge on any atom is 0.340 e.